The van der Waals surface area contributed by atoms with E-state index < -0.39 is 5.82 Å². The van der Waals surface area contributed by atoms with Crippen LogP contribution in [0.15, 0.2) is 30.6 Å². The Morgan fingerprint density at radius 2 is 2.27 bits per heavy atom. The molecule has 4 heteroatoms. The van der Waals surface area contributed by atoms with Crippen molar-refractivity contribution in [2.24, 2.45) is 0 Å². The van der Waals surface area contributed by atoms with Crippen molar-refractivity contribution in [1.29, 1.82) is 0 Å². The number of halogens is 2. The summed E-state index contributed by atoms with van der Waals surface area (Å²) >= 11 is 5.62. The molecule has 0 fully saturated rings. The van der Waals surface area contributed by atoms with E-state index in [0.29, 0.717) is 0 Å². The summed E-state index contributed by atoms with van der Waals surface area (Å²) in [5, 5.41) is 0.136. The van der Waals surface area contributed by atoms with Gasteiger partial charge < -0.3 is 4.57 Å². The number of hydrogen-bond acceptors (Lipinski definition) is 1. The molecule has 0 aliphatic heterocycles. The second-order valence-corrected chi connectivity index (χ2v) is 3.57. The summed E-state index contributed by atoms with van der Waals surface area (Å²) in [5.74, 6) is 0.488. The molecule has 0 aliphatic carbocycles. The third kappa shape index (κ3) is 1.88. The van der Waals surface area contributed by atoms with Crippen LogP contribution in [0.25, 0.3) is 5.69 Å². The average Bonchev–Trinajstić information content (AvgIpc) is 2.70. The van der Waals surface area contributed by atoms with E-state index in [4.69, 9.17) is 11.6 Å². The smallest absolute Gasteiger partial charge is 0.143 e. The molecule has 1 aromatic carbocycles. The summed E-state index contributed by atoms with van der Waals surface area (Å²) < 4.78 is 15.1. The van der Waals surface area contributed by atoms with E-state index in [0.717, 1.165) is 17.9 Å². The van der Waals surface area contributed by atoms with Gasteiger partial charge in [-0.2, -0.15) is 0 Å². The summed E-state index contributed by atoms with van der Waals surface area (Å²) in [5.41, 5.74) is 0.742. The van der Waals surface area contributed by atoms with Crippen LogP contribution in [0.3, 0.4) is 0 Å². The van der Waals surface area contributed by atoms with Crippen LogP contribution in [-0.2, 0) is 6.42 Å². The highest BCUT2D eigenvalue weighted by atomic mass is 35.5. The molecule has 0 bridgehead atoms. The van der Waals surface area contributed by atoms with Gasteiger partial charge in [-0.1, -0.05) is 18.5 Å². The topological polar surface area (TPSA) is 17.8 Å². The number of hydrogen-bond donors (Lipinski definition) is 0. The molecule has 0 saturated heterocycles. The third-order valence-electron chi connectivity index (χ3n) is 2.21. The molecule has 0 aliphatic rings. The summed E-state index contributed by atoms with van der Waals surface area (Å²) in [6, 6.07) is 4.72. The fraction of sp³-hybridized carbons (Fsp3) is 0.182. The second-order valence-electron chi connectivity index (χ2n) is 3.17. The van der Waals surface area contributed by atoms with Crippen LogP contribution in [0.4, 0.5) is 4.39 Å². The molecule has 1 aromatic heterocycles. The highest BCUT2D eigenvalue weighted by Gasteiger charge is 2.05. The quantitative estimate of drug-likeness (QED) is 0.766. The van der Waals surface area contributed by atoms with Crippen LogP contribution in [-0.4, -0.2) is 9.55 Å². The monoisotopic (exact) mass is 224 g/mol. The van der Waals surface area contributed by atoms with Crippen LogP contribution in [0.1, 0.15) is 12.7 Å². The first-order chi connectivity index (χ1) is 7.22. The summed E-state index contributed by atoms with van der Waals surface area (Å²) in [4.78, 5) is 4.17. The first kappa shape index (κ1) is 10.2. The molecular weight excluding hydrogens is 215 g/mol. The number of aryl methyl sites for hydroxylation is 1. The van der Waals surface area contributed by atoms with E-state index in [1.165, 1.54) is 6.07 Å². The molecule has 78 valence electrons. The van der Waals surface area contributed by atoms with Gasteiger partial charge >= 0.3 is 0 Å². The van der Waals surface area contributed by atoms with Crippen molar-refractivity contribution in [3.63, 3.8) is 0 Å². The van der Waals surface area contributed by atoms with Crippen LogP contribution in [0, 0.1) is 5.82 Å². The Hall–Kier alpha value is -1.35. The van der Waals surface area contributed by atoms with E-state index in [9.17, 15) is 4.39 Å². The van der Waals surface area contributed by atoms with E-state index in [-0.39, 0.29) is 5.02 Å². The Morgan fingerprint density at radius 3 is 2.93 bits per heavy atom. The van der Waals surface area contributed by atoms with Crippen LogP contribution < -0.4 is 0 Å². The zero-order valence-corrected chi connectivity index (χ0v) is 9.00. The minimum absolute atomic E-state index is 0.136. The van der Waals surface area contributed by atoms with Crippen molar-refractivity contribution < 1.29 is 4.39 Å². The molecular formula is C11H10ClFN2. The standard InChI is InChI=1S/C11H10ClFN2/c1-2-11-14-5-6-15(11)8-3-4-9(12)10(13)7-8/h3-7H,2H2,1H3. The van der Waals surface area contributed by atoms with Crippen molar-refractivity contribution in [2.45, 2.75) is 13.3 Å². The number of imidazole rings is 1. The minimum Gasteiger partial charge on any atom is -0.304 e. The lowest BCUT2D eigenvalue weighted by atomic mass is 10.3. The number of aromatic nitrogens is 2. The van der Waals surface area contributed by atoms with E-state index in [2.05, 4.69) is 4.98 Å². The molecule has 2 rings (SSSR count). The molecule has 0 amide bonds. The molecule has 15 heavy (non-hydrogen) atoms. The highest BCUT2D eigenvalue weighted by molar-refractivity contribution is 6.30. The Labute approximate surface area is 92.3 Å². The minimum atomic E-state index is -0.412. The van der Waals surface area contributed by atoms with Crippen molar-refractivity contribution >= 4 is 11.6 Å². The van der Waals surface area contributed by atoms with Crippen molar-refractivity contribution in [3.05, 3.63) is 47.3 Å². The van der Waals surface area contributed by atoms with Crippen LogP contribution >= 0.6 is 11.6 Å². The first-order valence-corrected chi connectivity index (χ1v) is 5.08. The van der Waals surface area contributed by atoms with Gasteiger partial charge in [0.15, 0.2) is 0 Å². The van der Waals surface area contributed by atoms with Gasteiger partial charge in [-0.3, -0.25) is 0 Å². The Balaban J connectivity index is 2.50. The highest BCUT2D eigenvalue weighted by Crippen LogP contribution is 2.19. The summed E-state index contributed by atoms with van der Waals surface area (Å²) in [6.45, 7) is 2.01. The fourth-order valence-corrected chi connectivity index (χ4v) is 1.58. The molecule has 0 N–H and O–H groups in total. The van der Waals surface area contributed by atoms with E-state index >= 15 is 0 Å². The number of benzene rings is 1. The normalized spacial score (nSPS) is 10.6. The van der Waals surface area contributed by atoms with Crippen LogP contribution in [0.2, 0.25) is 5.02 Å². The Bertz CT molecular complexity index is 479. The third-order valence-corrected chi connectivity index (χ3v) is 2.52. The molecule has 2 nitrogen and oxygen atoms in total. The number of nitrogens with zero attached hydrogens (tertiary/aromatic N) is 2. The van der Waals surface area contributed by atoms with Crippen molar-refractivity contribution in [1.82, 2.24) is 9.55 Å². The van der Waals surface area contributed by atoms with E-state index in [1.807, 2.05) is 17.7 Å². The maximum atomic E-state index is 13.2. The predicted molar refractivity (Wildman–Crippen MR) is 57.9 cm³/mol. The molecule has 0 unspecified atom stereocenters. The average molecular weight is 225 g/mol. The SMILES string of the molecule is CCc1nccn1-c1ccc(Cl)c(F)c1. The van der Waals surface area contributed by atoms with Gasteiger partial charge in [0.1, 0.15) is 11.6 Å². The lowest BCUT2D eigenvalue weighted by molar-refractivity contribution is 0.626. The van der Waals surface area contributed by atoms with Crippen molar-refractivity contribution in [2.75, 3.05) is 0 Å². The van der Waals surface area contributed by atoms with Gasteiger partial charge in [0.2, 0.25) is 0 Å². The maximum absolute atomic E-state index is 13.2. The van der Waals surface area contributed by atoms with Gasteiger partial charge in [0, 0.05) is 24.5 Å². The van der Waals surface area contributed by atoms with Gasteiger partial charge in [-0.05, 0) is 18.2 Å². The van der Waals surface area contributed by atoms with Gasteiger partial charge in [0.05, 0.1) is 5.02 Å². The second kappa shape index (κ2) is 4.03. The van der Waals surface area contributed by atoms with Gasteiger partial charge in [-0.15, -0.1) is 0 Å². The predicted octanol–water partition coefficient (Wildman–Crippen LogP) is 3.23. The zero-order valence-electron chi connectivity index (χ0n) is 8.24. The van der Waals surface area contributed by atoms with Crippen LogP contribution in [0.5, 0.6) is 0 Å². The zero-order chi connectivity index (χ0) is 10.8. The largest absolute Gasteiger partial charge is 0.304 e. The molecule has 1 heterocycles. The summed E-state index contributed by atoms with van der Waals surface area (Å²) in [7, 11) is 0. The van der Waals surface area contributed by atoms with Gasteiger partial charge in [-0.25, -0.2) is 9.37 Å². The Kier molecular flexibility index (Phi) is 2.73. The summed E-state index contributed by atoms with van der Waals surface area (Å²) in [6.07, 6.45) is 4.31. The van der Waals surface area contributed by atoms with Gasteiger partial charge in [0.25, 0.3) is 0 Å². The molecule has 0 atom stereocenters. The van der Waals surface area contributed by atoms with E-state index in [1.54, 1.807) is 18.3 Å². The van der Waals surface area contributed by atoms with Crippen molar-refractivity contribution in [3.8, 4) is 5.69 Å². The molecule has 2 aromatic rings. The lowest BCUT2D eigenvalue weighted by Gasteiger charge is -2.06. The first-order valence-electron chi connectivity index (χ1n) is 4.70. The molecule has 0 saturated carbocycles. The molecule has 0 radical (unpaired) electrons. The molecule has 0 spiro atoms. The maximum Gasteiger partial charge on any atom is 0.143 e. The Morgan fingerprint density at radius 1 is 1.47 bits per heavy atom. The fourth-order valence-electron chi connectivity index (χ4n) is 1.47. The number of rotatable bonds is 2. The lowest BCUT2D eigenvalue weighted by Crippen LogP contribution is -1.99.